The molecule has 2 rings (SSSR count). The summed E-state index contributed by atoms with van der Waals surface area (Å²) in [5.41, 5.74) is 6.56. The number of aryl methyl sites for hydroxylation is 2. The molecule has 24 heavy (non-hydrogen) atoms. The van der Waals surface area contributed by atoms with Crippen LogP contribution in [0.2, 0.25) is 0 Å². The van der Waals surface area contributed by atoms with Gasteiger partial charge in [-0.3, -0.25) is 4.79 Å². The Morgan fingerprint density at radius 2 is 1.67 bits per heavy atom. The number of ether oxygens (including phenoxy) is 1. The number of hydrazone groups is 1. The summed E-state index contributed by atoms with van der Waals surface area (Å²) in [5, 5.41) is 4.18. The van der Waals surface area contributed by atoms with Gasteiger partial charge in [-0.1, -0.05) is 31.2 Å². The van der Waals surface area contributed by atoms with E-state index in [1.54, 1.807) is 7.11 Å². The lowest BCUT2D eigenvalue weighted by Gasteiger charge is -2.05. The van der Waals surface area contributed by atoms with E-state index < -0.39 is 0 Å². The predicted octanol–water partition coefficient (Wildman–Crippen LogP) is 4.00. The van der Waals surface area contributed by atoms with Gasteiger partial charge in [0.05, 0.1) is 7.11 Å². The number of carbonyl (C=O) groups is 1. The predicted molar refractivity (Wildman–Crippen MR) is 97.7 cm³/mol. The van der Waals surface area contributed by atoms with Gasteiger partial charge in [0, 0.05) is 11.3 Å². The van der Waals surface area contributed by atoms with Crippen molar-refractivity contribution in [3.63, 3.8) is 0 Å². The van der Waals surface area contributed by atoms with Crippen LogP contribution in [0, 0.1) is 0 Å². The molecule has 4 nitrogen and oxygen atoms in total. The average Bonchev–Trinajstić information content (AvgIpc) is 2.64. The monoisotopic (exact) mass is 324 g/mol. The highest BCUT2D eigenvalue weighted by molar-refractivity contribution is 5.95. The van der Waals surface area contributed by atoms with E-state index >= 15 is 0 Å². The molecular formula is C20H24N2O2. The number of methoxy groups -OCH3 is 1. The van der Waals surface area contributed by atoms with Crippen molar-refractivity contribution >= 4 is 11.6 Å². The van der Waals surface area contributed by atoms with E-state index in [9.17, 15) is 4.79 Å². The van der Waals surface area contributed by atoms with E-state index in [2.05, 4.69) is 17.5 Å². The highest BCUT2D eigenvalue weighted by atomic mass is 16.5. The molecule has 0 spiro atoms. The van der Waals surface area contributed by atoms with Crippen LogP contribution < -0.4 is 10.2 Å². The normalized spacial score (nSPS) is 11.2. The van der Waals surface area contributed by atoms with Crippen LogP contribution in [0.25, 0.3) is 0 Å². The molecule has 2 aromatic carbocycles. The van der Waals surface area contributed by atoms with Gasteiger partial charge in [0.25, 0.3) is 5.91 Å². The van der Waals surface area contributed by atoms with Crippen LogP contribution in [-0.2, 0) is 12.8 Å². The molecule has 0 aliphatic carbocycles. The maximum absolute atomic E-state index is 12.1. The third kappa shape index (κ3) is 5.23. The second kappa shape index (κ2) is 8.87. The molecule has 1 amide bonds. The molecule has 0 aromatic heterocycles. The van der Waals surface area contributed by atoms with Gasteiger partial charge in [0.1, 0.15) is 5.75 Å². The lowest BCUT2D eigenvalue weighted by atomic mass is 10.1. The van der Waals surface area contributed by atoms with Gasteiger partial charge in [-0.05, 0) is 61.6 Å². The fourth-order valence-electron chi connectivity index (χ4n) is 2.28. The number of benzene rings is 2. The quantitative estimate of drug-likeness (QED) is 0.618. The number of rotatable bonds is 7. The van der Waals surface area contributed by atoms with Gasteiger partial charge >= 0.3 is 0 Å². The zero-order valence-corrected chi connectivity index (χ0v) is 14.5. The molecule has 4 heteroatoms. The van der Waals surface area contributed by atoms with Gasteiger partial charge in [0.2, 0.25) is 0 Å². The van der Waals surface area contributed by atoms with Gasteiger partial charge in [-0.2, -0.15) is 5.10 Å². The van der Waals surface area contributed by atoms with Crippen LogP contribution in [-0.4, -0.2) is 18.7 Å². The third-order valence-corrected chi connectivity index (χ3v) is 3.91. The lowest BCUT2D eigenvalue weighted by molar-refractivity contribution is 0.0954. The molecule has 0 radical (unpaired) electrons. The molecule has 0 aliphatic rings. The number of hydrogen-bond acceptors (Lipinski definition) is 3. The molecule has 126 valence electrons. The Balaban J connectivity index is 1.84. The zero-order valence-electron chi connectivity index (χ0n) is 14.5. The minimum atomic E-state index is -0.179. The van der Waals surface area contributed by atoms with Gasteiger partial charge in [-0.15, -0.1) is 0 Å². The van der Waals surface area contributed by atoms with Crippen molar-refractivity contribution in [3.8, 4) is 5.75 Å². The molecule has 0 atom stereocenters. The molecule has 2 aromatic rings. The van der Waals surface area contributed by atoms with Crippen LogP contribution in [0.1, 0.15) is 41.8 Å². The topological polar surface area (TPSA) is 50.7 Å². The van der Waals surface area contributed by atoms with Gasteiger partial charge in [0.15, 0.2) is 0 Å². The summed E-state index contributed by atoms with van der Waals surface area (Å²) in [6, 6.07) is 15.6. The van der Waals surface area contributed by atoms with Crippen LogP contribution in [0.4, 0.5) is 0 Å². The number of carbonyl (C=O) groups excluding carboxylic acids is 1. The van der Waals surface area contributed by atoms with E-state index in [1.807, 2.05) is 55.5 Å². The minimum Gasteiger partial charge on any atom is -0.497 e. The highest BCUT2D eigenvalue weighted by Gasteiger charge is 2.04. The smallest absolute Gasteiger partial charge is 0.271 e. The first-order valence-corrected chi connectivity index (χ1v) is 8.17. The standard InChI is InChI=1S/C20H24N2O2/c1-4-16-7-11-18(12-8-16)20(23)22-21-15(2)5-6-17-9-13-19(24-3)14-10-17/h7-14H,4-6H2,1-3H3,(H,22,23)/b21-15-. The SMILES string of the molecule is CCc1ccc(C(=O)N/N=C(/C)CCc2ccc(OC)cc2)cc1. The Labute approximate surface area is 143 Å². The fourth-order valence-corrected chi connectivity index (χ4v) is 2.28. The number of nitrogens with zero attached hydrogens (tertiary/aromatic N) is 1. The first kappa shape index (κ1) is 17.7. The maximum atomic E-state index is 12.1. The second-order valence-electron chi connectivity index (χ2n) is 5.69. The molecular weight excluding hydrogens is 300 g/mol. The first-order chi connectivity index (χ1) is 11.6. The summed E-state index contributed by atoms with van der Waals surface area (Å²) in [7, 11) is 1.66. The fraction of sp³-hybridized carbons (Fsp3) is 0.300. The van der Waals surface area contributed by atoms with Gasteiger partial charge < -0.3 is 4.74 Å². The van der Waals surface area contributed by atoms with Crippen molar-refractivity contribution in [2.75, 3.05) is 7.11 Å². The summed E-state index contributed by atoms with van der Waals surface area (Å²) in [5.74, 6) is 0.673. The second-order valence-corrected chi connectivity index (χ2v) is 5.69. The van der Waals surface area contributed by atoms with Crippen LogP contribution in [0.3, 0.4) is 0 Å². The van der Waals surface area contributed by atoms with Crippen molar-refractivity contribution in [1.82, 2.24) is 5.43 Å². The Hall–Kier alpha value is -2.62. The Morgan fingerprint density at radius 1 is 1.04 bits per heavy atom. The van der Waals surface area contributed by atoms with Crippen LogP contribution >= 0.6 is 0 Å². The van der Waals surface area contributed by atoms with Crippen molar-refractivity contribution in [2.24, 2.45) is 5.10 Å². The highest BCUT2D eigenvalue weighted by Crippen LogP contribution is 2.12. The molecule has 1 N–H and O–H groups in total. The summed E-state index contributed by atoms with van der Waals surface area (Å²) in [6.07, 6.45) is 2.63. The Morgan fingerprint density at radius 3 is 2.25 bits per heavy atom. The van der Waals surface area contributed by atoms with E-state index in [-0.39, 0.29) is 5.91 Å². The summed E-state index contributed by atoms with van der Waals surface area (Å²) < 4.78 is 5.14. The minimum absolute atomic E-state index is 0.179. The summed E-state index contributed by atoms with van der Waals surface area (Å²) in [6.45, 7) is 4.01. The lowest BCUT2D eigenvalue weighted by Crippen LogP contribution is -2.19. The maximum Gasteiger partial charge on any atom is 0.271 e. The molecule has 0 fully saturated rings. The van der Waals surface area contributed by atoms with Crippen LogP contribution in [0.15, 0.2) is 53.6 Å². The first-order valence-electron chi connectivity index (χ1n) is 8.17. The van der Waals surface area contributed by atoms with E-state index in [0.29, 0.717) is 5.56 Å². The van der Waals surface area contributed by atoms with Crippen molar-refractivity contribution in [2.45, 2.75) is 33.1 Å². The number of amides is 1. The van der Waals surface area contributed by atoms with E-state index in [4.69, 9.17) is 4.74 Å². The molecule has 0 bridgehead atoms. The Kier molecular flexibility index (Phi) is 6.55. The van der Waals surface area contributed by atoms with Crippen molar-refractivity contribution in [1.29, 1.82) is 0 Å². The number of hydrogen-bond donors (Lipinski definition) is 1. The van der Waals surface area contributed by atoms with Crippen LogP contribution in [0.5, 0.6) is 5.75 Å². The van der Waals surface area contributed by atoms with Gasteiger partial charge in [-0.25, -0.2) is 5.43 Å². The summed E-state index contributed by atoms with van der Waals surface area (Å²) >= 11 is 0. The number of nitrogens with one attached hydrogen (secondary N) is 1. The molecule has 0 saturated heterocycles. The van der Waals surface area contributed by atoms with E-state index in [1.165, 1.54) is 11.1 Å². The zero-order chi connectivity index (χ0) is 17.4. The molecule has 0 saturated carbocycles. The van der Waals surface area contributed by atoms with Crippen molar-refractivity contribution < 1.29 is 9.53 Å². The molecule has 0 heterocycles. The molecule has 0 aliphatic heterocycles. The Bertz CT molecular complexity index is 689. The van der Waals surface area contributed by atoms with Crippen molar-refractivity contribution in [3.05, 3.63) is 65.2 Å². The molecule has 0 unspecified atom stereocenters. The third-order valence-electron chi connectivity index (χ3n) is 3.91. The van der Waals surface area contributed by atoms with E-state index in [0.717, 1.165) is 30.7 Å². The largest absolute Gasteiger partial charge is 0.497 e. The summed E-state index contributed by atoms with van der Waals surface area (Å²) in [4.78, 5) is 12.1. The average molecular weight is 324 g/mol.